The van der Waals surface area contributed by atoms with Crippen LogP contribution in [0.2, 0.25) is 0 Å². The molecular weight excluding hydrogens is 279 g/mol. The third kappa shape index (κ3) is 4.48. The summed E-state index contributed by atoms with van der Waals surface area (Å²) in [5, 5.41) is 0. The summed E-state index contributed by atoms with van der Waals surface area (Å²) in [6, 6.07) is 8.16. The molecule has 2 nitrogen and oxygen atoms in total. The Morgan fingerprint density at radius 2 is 1.86 bits per heavy atom. The van der Waals surface area contributed by atoms with E-state index in [4.69, 9.17) is 0 Å². The van der Waals surface area contributed by atoms with E-state index in [1.54, 1.807) is 4.90 Å². The fourth-order valence-electron chi connectivity index (χ4n) is 2.89. The summed E-state index contributed by atoms with van der Waals surface area (Å²) in [6.45, 7) is 3.17. The Morgan fingerprint density at radius 3 is 2.43 bits per heavy atom. The van der Waals surface area contributed by atoms with E-state index in [1.165, 1.54) is 11.1 Å². The van der Waals surface area contributed by atoms with Crippen molar-refractivity contribution in [3.8, 4) is 0 Å². The van der Waals surface area contributed by atoms with Crippen LogP contribution in [0, 0.1) is 6.92 Å². The number of hydrogen-bond acceptors (Lipinski definition) is 1. The molecule has 5 heteroatoms. The molecule has 1 saturated heterocycles. The van der Waals surface area contributed by atoms with Crippen LogP contribution in [0.3, 0.4) is 0 Å². The van der Waals surface area contributed by atoms with Crippen molar-refractivity contribution in [3.63, 3.8) is 0 Å². The molecule has 21 heavy (non-hydrogen) atoms. The minimum Gasteiger partial charge on any atom is -0.343 e. The average molecular weight is 299 g/mol. The lowest BCUT2D eigenvalue weighted by Gasteiger charge is -2.33. The van der Waals surface area contributed by atoms with E-state index in [1.807, 2.05) is 12.1 Å². The maximum absolute atomic E-state index is 12.1. The molecule has 0 atom stereocenters. The van der Waals surface area contributed by atoms with Crippen LogP contribution in [0.25, 0.3) is 0 Å². The zero-order valence-corrected chi connectivity index (χ0v) is 12.1. The van der Waals surface area contributed by atoms with Gasteiger partial charge in [-0.2, -0.15) is 13.2 Å². The first-order chi connectivity index (χ1) is 9.87. The molecule has 1 fully saturated rings. The van der Waals surface area contributed by atoms with Gasteiger partial charge in [0.25, 0.3) is 0 Å². The SMILES string of the molecule is Cc1ccccc1C1CCN(C(=O)CCC(F)(F)F)CC1. The highest BCUT2D eigenvalue weighted by molar-refractivity contribution is 5.76. The highest BCUT2D eigenvalue weighted by Crippen LogP contribution is 2.30. The van der Waals surface area contributed by atoms with Gasteiger partial charge in [-0.15, -0.1) is 0 Å². The highest BCUT2D eigenvalue weighted by atomic mass is 19.4. The summed E-state index contributed by atoms with van der Waals surface area (Å²) < 4.78 is 36.4. The molecule has 0 spiro atoms. The number of likely N-dealkylation sites (tertiary alicyclic amines) is 1. The molecule has 0 N–H and O–H groups in total. The van der Waals surface area contributed by atoms with E-state index in [2.05, 4.69) is 19.1 Å². The number of hydrogen-bond donors (Lipinski definition) is 0. The molecule has 1 aliphatic rings. The van der Waals surface area contributed by atoms with Gasteiger partial charge in [0.2, 0.25) is 5.91 Å². The lowest BCUT2D eigenvalue weighted by atomic mass is 9.87. The smallest absolute Gasteiger partial charge is 0.343 e. The normalized spacial score (nSPS) is 17.0. The van der Waals surface area contributed by atoms with Crippen molar-refractivity contribution in [2.24, 2.45) is 0 Å². The van der Waals surface area contributed by atoms with Crippen molar-refractivity contribution in [2.75, 3.05) is 13.1 Å². The molecule has 0 bridgehead atoms. The lowest BCUT2D eigenvalue weighted by Crippen LogP contribution is -2.38. The van der Waals surface area contributed by atoms with E-state index in [-0.39, 0.29) is 5.91 Å². The van der Waals surface area contributed by atoms with E-state index >= 15 is 0 Å². The molecule has 0 saturated carbocycles. The molecule has 1 amide bonds. The summed E-state index contributed by atoms with van der Waals surface area (Å²) in [5.41, 5.74) is 2.53. The van der Waals surface area contributed by atoms with Gasteiger partial charge >= 0.3 is 6.18 Å². The van der Waals surface area contributed by atoms with E-state index in [0.29, 0.717) is 19.0 Å². The maximum atomic E-state index is 12.1. The van der Waals surface area contributed by atoms with Crippen LogP contribution in [0.1, 0.15) is 42.7 Å². The largest absolute Gasteiger partial charge is 0.389 e. The van der Waals surface area contributed by atoms with Gasteiger partial charge in [0.1, 0.15) is 0 Å². The first-order valence-corrected chi connectivity index (χ1v) is 7.27. The van der Waals surface area contributed by atoms with Gasteiger partial charge in [-0.1, -0.05) is 24.3 Å². The van der Waals surface area contributed by atoms with Crippen LogP contribution in [0.15, 0.2) is 24.3 Å². The molecule has 2 rings (SSSR count). The van der Waals surface area contributed by atoms with Crippen LogP contribution >= 0.6 is 0 Å². The van der Waals surface area contributed by atoms with Crippen molar-refractivity contribution in [1.29, 1.82) is 0 Å². The lowest BCUT2D eigenvalue weighted by molar-refractivity contribution is -0.149. The third-order valence-corrected chi connectivity index (χ3v) is 4.10. The Hall–Kier alpha value is -1.52. The third-order valence-electron chi connectivity index (χ3n) is 4.10. The summed E-state index contributed by atoms with van der Waals surface area (Å²) in [6.07, 6.45) is -4.07. The number of halogens is 3. The van der Waals surface area contributed by atoms with Crippen molar-refractivity contribution in [2.45, 2.75) is 44.7 Å². The first kappa shape index (κ1) is 15.9. The summed E-state index contributed by atoms with van der Waals surface area (Å²) in [4.78, 5) is 13.4. The second-order valence-corrected chi connectivity index (χ2v) is 5.63. The number of carbonyl (C=O) groups excluding carboxylic acids is 1. The number of amides is 1. The minimum absolute atomic E-state index is 0.379. The van der Waals surface area contributed by atoms with Crippen LogP contribution < -0.4 is 0 Å². The van der Waals surface area contributed by atoms with Crippen LogP contribution in [-0.4, -0.2) is 30.1 Å². The first-order valence-electron chi connectivity index (χ1n) is 7.27. The zero-order valence-electron chi connectivity index (χ0n) is 12.1. The van der Waals surface area contributed by atoms with Gasteiger partial charge in [-0.05, 0) is 36.8 Å². The summed E-state index contributed by atoms with van der Waals surface area (Å²) in [5.74, 6) is 0.0217. The number of piperidine rings is 1. The molecule has 1 aromatic carbocycles. The van der Waals surface area contributed by atoms with Gasteiger partial charge in [0, 0.05) is 19.5 Å². The minimum atomic E-state index is -4.25. The molecule has 1 aromatic rings. The Balaban J connectivity index is 1.86. The molecule has 116 valence electrons. The van der Waals surface area contributed by atoms with Crippen molar-refractivity contribution >= 4 is 5.91 Å². The Kier molecular flexibility index (Phi) is 4.91. The predicted molar refractivity (Wildman–Crippen MR) is 75.0 cm³/mol. The molecule has 0 aromatic heterocycles. The monoisotopic (exact) mass is 299 g/mol. The number of nitrogens with zero attached hydrogens (tertiary/aromatic N) is 1. The number of alkyl halides is 3. The predicted octanol–water partition coefficient (Wildman–Crippen LogP) is 4.04. The van der Waals surface area contributed by atoms with Crippen LogP contribution in [0.4, 0.5) is 13.2 Å². The van der Waals surface area contributed by atoms with Gasteiger partial charge in [0.15, 0.2) is 0 Å². The number of aryl methyl sites for hydroxylation is 1. The van der Waals surface area contributed by atoms with E-state index in [9.17, 15) is 18.0 Å². The molecule has 1 heterocycles. The molecule has 0 unspecified atom stereocenters. The molecular formula is C16H20F3NO. The standard InChI is InChI=1S/C16H20F3NO/c1-12-4-2-3-5-14(12)13-7-10-20(11-8-13)15(21)6-9-16(17,18)19/h2-5,13H,6-11H2,1H3. The van der Waals surface area contributed by atoms with Crippen LogP contribution in [-0.2, 0) is 4.79 Å². The van der Waals surface area contributed by atoms with Crippen molar-refractivity contribution < 1.29 is 18.0 Å². The second-order valence-electron chi connectivity index (χ2n) is 5.63. The van der Waals surface area contributed by atoms with Gasteiger partial charge < -0.3 is 4.90 Å². The molecule has 1 aliphatic heterocycles. The number of carbonyl (C=O) groups is 1. The highest BCUT2D eigenvalue weighted by Gasteiger charge is 2.30. The fraction of sp³-hybridized carbons (Fsp3) is 0.562. The van der Waals surface area contributed by atoms with Crippen molar-refractivity contribution in [1.82, 2.24) is 4.90 Å². The average Bonchev–Trinajstić information content (AvgIpc) is 2.45. The van der Waals surface area contributed by atoms with Gasteiger partial charge in [0.05, 0.1) is 6.42 Å². The topological polar surface area (TPSA) is 20.3 Å². The zero-order chi connectivity index (χ0) is 15.5. The Morgan fingerprint density at radius 1 is 1.24 bits per heavy atom. The molecule has 0 aliphatic carbocycles. The maximum Gasteiger partial charge on any atom is 0.389 e. The summed E-state index contributed by atoms with van der Waals surface area (Å²) >= 11 is 0. The fourth-order valence-corrected chi connectivity index (χ4v) is 2.89. The quantitative estimate of drug-likeness (QED) is 0.824. The van der Waals surface area contributed by atoms with Gasteiger partial charge in [-0.25, -0.2) is 0 Å². The summed E-state index contributed by atoms with van der Waals surface area (Å²) in [7, 11) is 0. The second kappa shape index (κ2) is 6.50. The Labute approximate surface area is 122 Å². The number of rotatable bonds is 3. The number of benzene rings is 1. The molecule has 0 radical (unpaired) electrons. The van der Waals surface area contributed by atoms with Gasteiger partial charge in [-0.3, -0.25) is 4.79 Å². The Bertz CT molecular complexity index is 491. The van der Waals surface area contributed by atoms with E-state index < -0.39 is 19.0 Å². The van der Waals surface area contributed by atoms with Crippen LogP contribution in [0.5, 0.6) is 0 Å². The van der Waals surface area contributed by atoms with E-state index in [0.717, 1.165) is 12.8 Å². The van der Waals surface area contributed by atoms with Crippen molar-refractivity contribution in [3.05, 3.63) is 35.4 Å².